The average molecular weight is 265 g/mol. The van der Waals surface area contributed by atoms with E-state index in [4.69, 9.17) is 11.6 Å². The molecule has 0 saturated carbocycles. The average Bonchev–Trinajstić information content (AvgIpc) is 2.14. The van der Waals surface area contributed by atoms with Gasteiger partial charge >= 0.3 is 6.18 Å². The summed E-state index contributed by atoms with van der Waals surface area (Å²) in [7, 11) is 0. The normalized spacial score (nSPS) is 11.1. The number of carbonyl (C=O) groups is 1. The smallest absolute Gasteiger partial charge is 0.325 e. The summed E-state index contributed by atoms with van der Waals surface area (Å²) in [4.78, 5) is 14.3. The Labute approximate surface area is 100 Å². The second-order valence-electron chi connectivity index (χ2n) is 3.21. The minimum absolute atomic E-state index is 0.00914. The van der Waals surface area contributed by atoms with Crippen LogP contribution in [0.4, 0.5) is 13.2 Å². The van der Waals surface area contributed by atoms with Crippen LogP contribution in [0, 0.1) is 0 Å². The van der Waals surface area contributed by atoms with Gasteiger partial charge in [0.15, 0.2) is 0 Å². The minimum atomic E-state index is -4.51. The molecule has 0 aliphatic carbocycles. The molecule has 0 atom stereocenters. The van der Waals surface area contributed by atoms with E-state index < -0.39 is 17.6 Å². The summed E-state index contributed by atoms with van der Waals surface area (Å²) in [6, 6.07) is 0.733. The van der Waals surface area contributed by atoms with Gasteiger partial charge in [0, 0.05) is 13.1 Å². The Hall–Kier alpha value is -1.56. The van der Waals surface area contributed by atoms with Crippen LogP contribution in [-0.2, 0) is 11.0 Å². The van der Waals surface area contributed by atoms with Crippen LogP contribution in [0.1, 0.15) is 18.2 Å². The van der Waals surface area contributed by atoms with E-state index in [1.54, 1.807) is 0 Å². The summed E-state index contributed by atoms with van der Waals surface area (Å²) in [5, 5.41) is 2.07. The largest absolute Gasteiger partial charge is 0.417 e. The van der Waals surface area contributed by atoms with Gasteiger partial charge in [0.05, 0.1) is 16.3 Å². The van der Waals surface area contributed by atoms with Crippen LogP contribution < -0.4 is 5.32 Å². The number of alkyl halides is 3. The van der Waals surface area contributed by atoms with Crippen molar-refractivity contribution in [3.63, 3.8) is 0 Å². The van der Waals surface area contributed by atoms with E-state index in [0.717, 1.165) is 6.07 Å². The van der Waals surface area contributed by atoms with E-state index in [9.17, 15) is 18.0 Å². The van der Waals surface area contributed by atoms with Gasteiger partial charge in [0.2, 0.25) is 5.91 Å². The van der Waals surface area contributed by atoms with Gasteiger partial charge in [-0.15, -0.1) is 0 Å². The molecule has 3 nitrogen and oxygen atoms in total. The lowest BCUT2D eigenvalue weighted by atomic mass is 10.2. The third-order valence-corrected chi connectivity index (χ3v) is 2.07. The van der Waals surface area contributed by atoms with Crippen LogP contribution in [-0.4, -0.2) is 10.9 Å². The molecule has 1 heterocycles. The van der Waals surface area contributed by atoms with Crippen molar-refractivity contribution in [3.05, 3.63) is 35.1 Å². The Morgan fingerprint density at radius 3 is 2.53 bits per heavy atom. The second kappa shape index (κ2) is 4.75. The molecule has 7 heteroatoms. The third kappa shape index (κ3) is 3.45. The molecule has 0 spiro atoms. The van der Waals surface area contributed by atoms with Crippen molar-refractivity contribution in [3.8, 4) is 0 Å². The van der Waals surface area contributed by atoms with Crippen molar-refractivity contribution < 1.29 is 18.0 Å². The van der Waals surface area contributed by atoms with Crippen LogP contribution in [0.15, 0.2) is 18.8 Å². The van der Waals surface area contributed by atoms with E-state index in [1.807, 2.05) is 0 Å². The number of rotatable bonds is 2. The first kappa shape index (κ1) is 13.5. The monoisotopic (exact) mass is 264 g/mol. The maximum Gasteiger partial charge on any atom is 0.417 e. The minimum Gasteiger partial charge on any atom is -0.325 e. The van der Waals surface area contributed by atoms with E-state index >= 15 is 0 Å². The lowest BCUT2D eigenvalue weighted by Gasteiger charge is -2.10. The SMILES string of the molecule is C=C(NC(C)=O)c1ncc(C(F)(F)F)cc1Cl. The Kier molecular flexibility index (Phi) is 3.77. The predicted molar refractivity (Wildman–Crippen MR) is 57.1 cm³/mol. The molecule has 92 valence electrons. The van der Waals surface area contributed by atoms with E-state index in [1.165, 1.54) is 6.92 Å². The first-order valence-electron chi connectivity index (χ1n) is 4.41. The molecule has 1 aromatic heterocycles. The molecule has 0 bridgehead atoms. The maximum atomic E-state index is 12.3. The van der Waals surface area contributed by atoms with Gasteiger partial charge in [-0.2, -0.15) is 13.2 Å². The standard InChI is InChI=1S/C10H8ClF3N2O/c1-5(16-6(2)17)9-8(11)3-7(4-15-9)10(12,13)14/h3-4H,1H2,2H3,(H,16,17). The molecule has 1 rings (SSSR count). The summed E-state index contributed by atoms with van der Waals surface area (Å²) < 4.78 is 37.0. The topological polar surface area (TPSA) is 42.0 Å². The first-order valence-corrected chi connectivity index (χ1v) is 4.79. The van der Waals surface area contributed by atoms with Gasteiger partial charge in [-0.3, -0.25) is 9.78 Å². The third-order valence-electron chi connectivity index (χ3n) is 1.78. The molecule has 1 aromatic rings. The number of nitrogens with zero attached hydrogens (tertiary/aromatic N) is 1. The zero-order valence-electron chi connectivity index (χ0n) is 8.73. The fourth-order valence-corrected chi connectivity index (χ4v) is 1.37. The van der Waals surface area contributed by atoms with Crippen LogP contribution in [0.5, 0.6) is 0 Å². The van der Waals surface area contributed by atoms with Crippen LogP contribution in [0.2, 0.25) is 5.02 Å². The second-order valence-corrected chi connectivity index (χ2v) is 3.62. The quantitative estimate of drug-likeness (QED) is 0.892. The van der Waals surface area contributed by atoms with E-state index in [-0.39, 0.29) is 16.4 Å². The molecule has 1 amide bonds. The highest BCUT2D eigenvalue weighted by atomic mass is 35.5. The lowest BCUT2D eigenvalue weighted by molar-refractivity contribution is -0.137. The molecule has 0 radical (unpaired) electrons. The molecule has 1 N–H and O–H groups in total. The zero-order valence-corrected chi connectivity index (χ0v) is 9.49. The Bertz CT molecular complexity index is 471. The maximum absolute atomic E-state index is 12.3. The van der Waals surface area contributed by atoms with E-state index in [0.29, 0.717) is 6.20 Å². The molecular weight excluding hydrogens is 257 g/mol. The highest BCUT2D eigenvalue weighted by Crippen LogP contribution is 2.31. The molecule has 0 saturated heterocycles. The molecular formula is C10H8ClF3N2O. The fourth-order valence-electron chi connectivity index (χ4n) is 1.09. The van der Waals surface area contributed by atoms with Crippen molar-refractivity contribution in [2.75, 3.05) is 0 Å². The highest BCUT2D eigenvalue weighted by molar-refractivity contribution is 6.32. The van der Waals surface area contributed by atoms with Gasteiger partial charge in [-0.1, -0.05) is 18.2 Å². The molecule has 0 aliphatic heterocycles. The van der Waals surface area contributed by atoms with Crippen molar-refractivity contribution in [1.82, 2.24) is 10.3 Å². The van der Waals surface area contributed by atoms with E-state index in [2.05, 4.69) is 16.9 Å². The first-order chi connectivity index (χ1) is 7.71. The summed E-state index contributed by atoms with van der Waals surface area (Å²) in [6.45, 7) is 4.70. The number of nitrogens with one attached hydrogen (secondary N) is 1. The number of aromatic nitrogens is 1. The lowest BCUT2D eigenvalue weighted by Crippen LogP contribution is -2.18. The Morgan fingerprint density at radius 2 is 2.12 bits per heavy atom. The van der Waals surface area contributed by atoms with Gasteiger partial charge in [0.25, 0.3) is 0 Å². The summed E-state index contributed by atoms with van der Waals surface area (Å²) in [5.74, 6) is -0.409. The highest BCUT2D eigenvalue weighted by Gasteiger charge is 2.31. The molecule has 0 aromatic carbocycles. The van der Waals surface area contributed by atoms with Gasteiger partial charge in [0.1, 0.15) is 5.69 Å². The van der Waals surface area contributed by atoms with Crippen molar-refractivity contribution in [2.45, 2.75) is 13.1 Å². The molecule has 17 heavy (non-hydrogen) atoms. The molecule has 0 fully saturated rings. The number of carbonyl (C=O) groups excluding carboxylic acids is 1. The van der Waals surface area contributed by atoms with Crippen LogP contribution >= 0.6 is 11.6 Å². The van der Waals surface area contributed by atoms with Crippen LogP contribution in [0.25, 0.3) is 5.70 Å². The van der Waals surface area contributed by atoms with Crippen molar-refractivity contribution in [2.24, 2.45) is 0 Å². The van der Waals surface area contributed by atoms with Crippen molar-refractivity contribution >= 4 is 23.2 Å². The molecule has 0 unspecified atom stereocenters. The van der Waals surface area contributed by atoms with Crippen LogP contribution in [0.3, 0.4) is 0 Å². The number of amides is 1. The summed E-state index contributed by atoms with van der Waals surface area (Å²) in [5.41, 5.74) is -0.895. The number of halogens is 4. The number of pyridine rings is 1. The summed E-state index contributed by atoms with van der Waals surface area (Å²) in [6.07, 6.45) is -3.88. The summed E-state index contributed by atoms with van der Waals surface area (Å²) >= 11 is 5.64. The fraction of sp³-hybridized carbons (Fsp3) is 0.200. The van der Waals surface area contributed by atoms with Gasteiger partial charge in [-0.05, 0) is 6.07 Å². The Balaban J connectivity index is 3.06. The zero-order chi connectivity index (χ0) is 13.2. The predicted octanol–water partition coefficient (Wildman–Crippen LogP) is 2.86. The van der Waals surface area contributed by atoms with Gasteiger partial charge in [-0.25, -0.2) is 0 Å². The number of hydrogen-bond donors (Lipinski definition) is 1. The number of hydrogen-bond acceptors (Lipinski definition) is 2. The Morgan fingerprint density at radius 1 is 1.53 bits per heavy atom. The molecule has 0 aliphatic rings. The van der Waals surface area contributed by atoms with Gasteiger partial charge < -0.3 is 5.32 Å². The van der Waals surface area contributed by atoms with Crippen molar-refractivity contribution in [1.29, 1.82) is 0 Å².